The largest absolute Gasteiger partial charge is 0.306 e. The summed E-state index contributed by atoms with van der Waals surface area (Å²) >= 11 is 16.0. The van der Waals surface area contributed by atoms with Crippen LogP contribution in [0.3, 0.4) is 0 Å². The molecule has 0 saturated heterocycles. The van der Waals surface area contributed by atoms with E-state index in [2.05, 4.69) is 53.3 Å². The molecule has 1 atom stereocenters. The Kier molecular flexibility index (Phi) is 6.12. The molecule has 0 aliphatic heterocycles. The molecule has 21 heavy (non-hydrogen) atoms. The molecule has 1 unspecified atom stereocenters. The van der Waals surface area contributed by atoms with E-state index in [1.54, 1.807) is 6.07 Å². The van der Waals surface area contributed by atoms with Gasteiger partial charge in [0.25, 0.3) is 0 Å². The van der Waals surface area contributed by atoms with Gasteiger partial charge >= 0.3 is 0 Å². The molecule has 2 rings (SSSR count). The molecule has 0 radical (unpaired) electrons. The van der Waals surface area contributed by atoms with Gasteiger partial charge in [0, 0.05) is 14.5 Å². The van der Waals surface area contributed by atoms with Gasteiger partial charge in [0.05, 0.1) is 6.04 Å². The lowest BCUT2D eigenvalue weighted by molar-refractivity contribution is 0.598. The second kappa shape index (κ2) is 7.64. The molecule has 0 aliphatic rings. The summed E-state index contributed by atoms with van der Waals surface area (Å²) in [5.41, 5.74) is 3.46. The van der Waals surface area contributed by atoms with E-state index < -0.39 is 0 Å². The summed E-state index contributed by atoms with van der Waals surface area (Å²) in [6, 6.07) is 12.1. The molecule has 112 valence electrons. The molecule has 0 amide bonds. The minimum atomic E-state index is 0.0610. The van der Waals surface area contributed by atoms with Crippen molar-refractivity contribution >= 4 is 39.1 Å². The highest BCUT2D eigenvalue weighted by Gasteiger charge is 2.17. The molecule has 0 spiro atoms. The molecule has 4 heteroatoms. The Morgan fingerprint density at radius 2 is 1.90 bits per heavy atom. The first-order valence-electron chi connectivity index (χ1n) is 6.96. The van der Waals surface area contributed by atoms with Gasteiger partial charge in [-0.2, -0.15) is 0 Å². The van der Waals surface area contributed by atoms with Crippen molar-refractivity contribution in [2.75, 3.05) is 6.54 Å². The van der Waals surface area contributed by atoms with E-state index in [0.29, 0.717) is 10.0 Å². The highest BCUT2D eigenvalue weighted by atomic mass is 79.9. The summed E-state index contributed by atoms with van der Waals surface area (Å²) in [5.74, 6) is 0. The third kappa shape index (κ3) is 4.46. The van der Waals surface area contributed by atoms with Crippen molar-refractivity contribution in [2.24, 2.45) is 0 Å². The summed E-state index contributed by atoms with van der Waals surface area (Å²) in [6.07, 6.45) is 1.06. The van der Waals surface area contributed by atoms with Crippen LogP contribution in [0.1, 0.15) is 36.1 Å². The fraction of sp³-hybridized carbons (Fsp3) is 0.294. The molecule has 0 fully saturated rings. The first-order chi connectivity index (χ1) is 10.0. The Labute approximate surface area is 144 Å². The Balaban J connectivity index is 2.46. The van der Waals surface area contributed by atoms with Crippen LogP contribution >= 0.6 is 39.1 Å². The maximum Gasteiger partial charge on any atom is 0.0591 e. The number of benzene rings is 2. The number of hydrogen-bond donors (Lipinski definition) is 1. The topological polar surface area (TPSA) is 12.0 Å². The summed E-state index contributed by atoms with van der Waals surface area (Å²) in [4.78, 5) is 0. The minimum absolute atomic E-state index is 0.0610. The normalized spacial score (nSPS) is 12.4. The van der Waals surface area contributed by atoms with Crippen LogP contribution in [0.4, 0.5) is 0 Å². The van der Waals surface area contributed by atoms with Gasteiger partial charge in [-0.05, 0) is 60.8 Å². The summed E-state index contributed by atoms with van der Waals surface area (Å²) in [7, 11) is 0. The zero-order valence-corrected chi connectivity index (χ0v) is 15.2. The number of nitrogens with one attached hydrogen (secondary N) is 1. The lowest BCUT2D eigenvalue weighted by Crippen LogP contribution is -2.23. The van der Waals surface area contributed by atoms with E-state index in [1.165, 1.54) is 11.1 Å². The van der Waals surface area contributed by atoms with Crippen LogP contribution in [-0.4, -0.2) is 6.54 Å². The smallest absolute Gasteiger partial charge is 0.0591 e. The summed E-state index contributed by atoms with van der Waals surface area (Å²) in [5, 5.41) is 4.91. The molecular formula is C17H18BrCl2N. The quantitative estimate of drug-likeness (QED) is 0.649. The number of halogens is 3. The first kappa shape index (κ1) is 16.8. The molecule has 2 aromatic rings. The first-order valence-corrected chi connectivity index (χ1v) is 8.51. The van der Waals surface area contributed by atoms with Crippen molar-refractivity contribution in [1.82, 2.24) is 5.32 Å². The molecule has 0 saturated carbocycles. The molecule has 0 bridgehead atoms. The number of rotatable bonds is 5. The van der Waals surface area contributed by atoms with Crippen LogP contribution in [0, 0.1) is 6.92 Å². The predicted molar refractivity (Wildman–Crippen MR) is 95.5 cm³/mol. The van der Waals surface area contributed by atoms with Gasteiger partial charge in [0.15, 0.2) is 0 Å². The van der Waals surface area contributed by atoms with E-state index in [1.807, 2.05) is 12.1 Å². The van der Waals surface area contributed by atoms with Gasteiger partial charge in [-0.15, -0.1) is 0 Å². The van der Waals surface area contributed by atoms with Gasteiger partial charge in [-0.3, -0.25) is 0 Å². The second-order valence-corrected chi connectivity index (χ2v) is 6.87. The minimum Gasteiger partial charge on any atom is -0.306 e. The SMILES string of the molecule is CCCNC(c1cc(C)cc(Br)c1)c1ccc(Cl)cc1Cl. The number of hydrogen-bond acceptors (Lipinski definition) is 1. The predicted octanol–water partition coefficient (Wildman–Crippen LogP) is 6.15. The Hall–Kier alpha value is -0.540. The Bertz CT molecular complexity index is 608. The summed E-state index contributed by atoms with van der Waals surface area (Å²) < 4.78 is 1.07. The van der Waals surface area contributed by atoms with Crippen LogP contribution in [0.15, 0.2) is 40.9 Å². The van der Waals surface area contributed by atoms with Gasteiger partial charge < -0.3 is 5.32 Å². The second-order valence-electron chi connectivity index (χ2n) is 5.11. The maximum absolute atomic E-state index is 6.40. The van der Waals surface area contributed by atoms with Crippen LogP contribution in [0.2, 0.25) is 10.0 Å². The number of aryl methyl sites for hydroxylation is 1. The fourth-order valence-electron chi connectivity index (χ4n) is 2.36. The van der Waals surface area contributed by atoms with Crippen molar-refractivity contribution in [3.63, 3.8) is 0 Å². The van der Waals surface area contributed by atoms with Crippen LogP contribution in [-0.2, 0) is 0 Å². The maximum atomic E-state index is 6.40. The van der Waals surface area contributed by atoms with Crippen LogP contribution < -0.4 is 5.32 Å². The zero-order chi connectivity index (χ0) is 15.4. The lowest BCUT2D eigenvalue weighted by Gasteiger charge is -2.21. The molecular weight excluding hydrogens is 369 g/mol. The molecule has 1 nitrogen and oxygen atoms in total. The molecule has 0 heterocycles. The molecule has 1 N–H and O–H groups in total. The third-order valence-electron chi connectivity index (χ3n) is 3.27. The van der Waals surface area contributed by atoms with Crippen molar-refractivity contribution < 1.29 is 0 Å². The van der Waals surface area contributed by atoms with Gasteiger partial charge in [-0.25, -0.2) is 0 Å². The van der Waals surface area contributed by atoms with Gasteiger partial charge in [0.1, 0.15) is 0 Å². The highest BCUT2D eigenvalue weighted by Crippen LogP contribution is 2.32. The highest BCUT2D eigenvalue weighted by molar-refractivity contribution is 9.10. The van der Waals surface area contributed by atoms with E-state index in [4.69, 9.17) is 23.2 Å². The average molecular weight is 387 g/mol. The Morgan fingerprint density at radius 3 is 2.52 bits per heavy atom. The van der Waals surface area contributed by atoms with Crippen molar-refractivity contribution in [2.45, 2.75) is 26.3 Å². The van der Waals surface area contributed by atoms with E-state index >= 15 is 0 Å². The zero-order valence-electron chi connectivity index (χ0n) is 12.1. The fourth-order valence-corrected chi connectivity index (χ4v) is 3.51. The van der Waals surface area contributed by atoms with Gasteiger partial charge in [-0.1, -0.05) is 58.2 Å². The third-order valence-corrected chi connectivity index (χ3v) is 4.29. The Morgan fingerprint density at radius 1 is 1.14 bits per heavy atom. The van der Waals surface area contributed by atoms with Crippen molar-refractivity contribution in [3.8, 4) is 0 Å². The van der Waals surface area contributed by atoms with Crippen molar-refractivity contribution in [3.05, 3.63) is 67.6 Å². The van der Waals surface area contributed by atoms with Crippen LogP contribution in [0.5, 0.6) is 0 Å². The molecule has 0 aliphatic carbocycles. The molecule has 2 aromatic carbocycles. The standard InChI is InChI=1S/C17H18BrCl2N/c1-3-6-21-17(12-7-11(2)8-13(18)9-12)15-5-4-14(19)10-16(15)20/h4-5,7-10,17,21H,3,6H2,1-2H3. The van der Waals surface area contributed by atoms with E-state index in [-0.39, 0.29) is 6.04 Å². The van der Waals surface area contributed by atoms with Gasteiger partial charge in [0.2, 0.25) is 0 Å². The van der Waals surface area contributed by atoms with E-state index in [0.717, 1.165) is 23.0 Å². The average Bonchev–Trinajstić information content (AvgIpc) is 2.40. The van der Waals surface area contributed by atoms with Crippen LogP contribution in [0.25, 0.3) is 0 Å². The van der Waals surface area contributed by atoms with E-state index in [9.17, 15) is 0 Å². The molecule has 0 aromatic heterocycles. The summed E-state index contributed by atoms with van der Waals surface area (Å²) in [6.45, 7) is 5.17. The lowest BCUT2D eigenvalue weighted by atomic mass is 9.97. The monoisotopic (exact) mass is 385 g/mol. The van der Waals surface area contributed by atoms with Crippen molar-refractivity contribution in [1.29, 1.82) is 0 Å².